The summed E-state index contributed by atoms with van der Waals surface area (Å²) in [5.74, 6) is 0.0767. The van der Waals surface area contributed by atoms with Crippen LogP contribution in [0.1, 0.15) is 5.56 Å². The van der Waals surface area contributed by atoms with Gasteiger partial charge in [0.1, 0.15) is 11.8 Å². The highest BCUT2D eigenvalue weighted by Gasteiger charge is 2.08. The molecule has 0 radical (unpaired) electrons. The molecule has 1 heterocycles. The van der Waals surface area contributed by atoms with E-state index in [0.717, 1.165) is 4.70 Å². The summed E-state index contributed by atoms with van der Waals surface area (Å²) in [5, 5.41) is 20.6. The Balaban J connectivity index is 2.92. The van der Waals surface area contributed by atoms with Gasteiger partial charge >= 0.3 is 0 Å². The molecule has 3 N–H and O–H groups in total. The Morgan fingerprint density at radius 3 is 2.92 bits per heavy atom. The second-order valence-electron chi connectivity index (χ2n) is 2.67. The monoisotopic (exact) mass is 190 g/mol. The first-order valence-corrected chi connectivity index (χ1v) is 4.50. The summed E-state index contributed by atoms with van der Waals surface area (Å²) in [6.07, 6.45) is 0. The molecule has 0 spiro atoms. The van der Waals surface area contributed by atoms with Gasteiger partial charge in [-0.2, -0.15) is 5.26 Å². The van der Waals surface area contributed by atoms with Gasteiger partial charge in [-0.1, -0.05) is 0 Å². The van der Waals surface area contributed by atoms with Crippen molar-refractivity contribution in [1.82, 2.24) is 0 Å². The van der Waals surface area contributed by atoms with Crippen LogP contribution < -0.4 is 5.73 Å². The van der Waals surface area contributed by atoms with E-state index in [1.807, 2.05) is 6.07 Å². The number of rotatable bonds is 0. The molecule has 0 fully saturated rings. The molecule has 4 heteroatoms. The number of nitrogens with two attached hydrogens (primary N) is 1. The van der Waals surface area contributed by atoms with Crippen molar-refractivity contribution < 1.29 is 5.11 Å². The summed E-state index contributed by atoms with van der Waals surface area (Å²) >= 11 is 1.40. The maximum atomic E-state index is 9.53. The average Bonchev–Trinajstić information content (AvgIpc) is 2.47. The maximum absolute atomic E-state index is 9.53. The van der Waals surface area contributed by atoms with Gasteiger partial charge in [-0.05, 0) is 6.07 Å². The second kappa shape index (κ2) is 2.64. The van der Waals surface area contributed by atoms with Crippen molar-refractivity contribution in [3.05, 3.63) is 23.1 Å². The largest absolute Gasteiger partial charge is 0.507 e. The Bertz CT molecular complexity index is 510. The number of hydrogen-bond donors (Lipinski definition) is 2. The molecule has 64 valence electrons. The molecule has 0 amide bonds. The van der Waals surface area contributed by atoms with E-state index in [-0.39, 0.29) is 5.75 Å². The quantitative estimate of drug-likeness (QED) is 0.624. The van der Waals surface area contributed by atoms with E-state index in [9.17, 15) is 5.11 Å². The molecule has 0 aliphatic heterocycles. The highest BCUT2D eigenvalue weighted by atomic mass is 32.1. The van der Waals surface area contributed by atoms with Crippen LogP contribution in [0.15, 0.2) is 17.5 Å². The van der Waals surface area contributed by atoms with E-state index < -0.39 is 0 Å². The van der Waals surface area contributed by atoms with Crippen LogP contribution in [-0.4, -0.2) is 5.11 Å². The van der Waals surface area contributed by atoms with Crippen LogP contribution in [0.3, 0.4) is 0 Å². The lowest BCUT2D eigenvalue weighted by Gasteiger charge is -1.97. The molecule has 0 aliphatic carbocycles. The highest BCUT2D eigenvalue weighted by molar-refractivity contribution is 7.17. The molecule has 0 atom stereocenters. The summed E-state index contributed by atoms with van der Waals surface area (Å²) in [7, 11) is 0. The second-order valence-corrected chi connectivity index (χ2v) is 3.59. The van der Waals surface area contributed by atoms with Crippen LogP contribution in [0.5, 0.6) is 5.75 Å². The van der Waals surface area contributed by atoms with E-state index in [2.05, 4.69) is 0 Å². The van der Waals surface area contributed by atoms with Crippen molar-refractivity contribution in [2.45, 2.75) is 0 Å². The van der Waals surface area contributed by atoms with Crippen molar-refractivity contribution in [3.63, 3.8) is 0 Å². The first-order chi connectivity index (χ1) is 6.22. The van der Waals surface area contributed by atoms with E-state index in [1.54, 1.807) is 11.4 Å². The summed E-state index contributed by atoms with van der Waals surface area (Å²) < 4.78 is 0.842. The lowest BCUT2D eigenvalue weighted by molar-refractivity contribution is 0.482. The van der Waals surface area contributed by atoms with E-state index in [1.165, 1.54) is 17.4 Å². The minimum atomic E-state index is 0.0767. The van der Waals surface area contributed by atoms with Crippen LogP contribution in [-0.2, 0) is 0 Å². The zero-order valence-corrected chi connectivity index (χ0v) is 7.43. The summed E-state index contributed by atoms with van der Waals surface area (Å²) in [5.41, 5.74) is 6.55. The fourth-order valence-corrected chi connectivity index (χ4v) is 2.20. The molecule has 0 saturated heterocycles. The van der Waals surface area contributed by atoms with Crippen molar-refractivity contribution in [2.24, 2.45) is 0 Å². The van der Waals surface area contributed by atoms with E-state index >= 15 is 0 Å². The van der Waals surface area contributed by atoms with Crippen LogP contribution >= 0.6 is 11.3 Å². The normalized spacial score (nSPS) is 10.1. The predicted molar refractivity (Wildman–Crippen MR) is 52.6 cm³/mol. The SMILES string of the molecule is N#Cc1csc2cc(N)cc(O)c12. The minimum Gasteiger partial charge on any atom is -0.507 e. The lowest BCUT2D eigenvalue weighted by atomic mass is 10.1. The lowest BCUT2D eigenvalue weighted by Crippen LogP contribution is -1.83. The Morgan fingerprint density at radius 1 is 1.46 bits per heavy atom. The summed E-state index contributed by atoms with van der Waals surface area (Å²) in [6, 6.07) is 5.22. The van der Waals surface area contributed by atoms with Crippen LogP contribution in [0.2, 0.25) is 0 Å². The van der Waals surface area contributed by atoms with Gasteiger partial charge in [0, 0.05) is 21.8 Å². The van der Waals surface area contributed by atoms with Gasteiger partial charge in [-0.25, -0.2) is 0 Å². The van der Waals surface area contributed by atoms with Crippen molar-refractivity contribution in [1.29, 1.82) is 5.26 Å². The first kappa shape index (κ1) is 7.90. The zero-order valence-electron chi connectivity index (χ0n) is 6.61. The molecule has 0 bridgehead atoms. The van der Waals surface area contributed by atoms with Crippen LogP contribution in [0.25, 0.3) is 10.1 Å². The number of thiophene rings is 1. The summed E-state index contributed by atoms with van der Waals surface area (Å²) in [6.45, 7) is 0. The molecular weight excluding hydrogens is 184 g/mol. The number of aromatic hydroxyl groups is 1. The predicted octanol–water partition coefficient (Wildman–Crippen LogP) is 2.06. The molecule has 2 aromatic rings. The van der Waals surface area contributed by atoms with Crippen molar-refractivity contribution in [2.75, 3.05) is 5.73 Å². The number of benzene rings is 1. The van der Waals surface area contributed by atoms with E-state index in [0.29, 0.717) is 16.6 Å². The van der Waals surface area contributed by atoms with Gasteiger partial charge in [0.2, 0.25) is 0 Å². The molecule has 0 aliphatic rings. The van der Waals surface area contributed by atoms with Gasteiger partial charge in [0.05, 0.1) is 10.9 Å². The van der Waals surface area contributed by atoms with Gasteiger partial charge in [0.15, 0.2) is 0 Å². The average molecular weight is 190 g/mol. The maximum Gasteiger partial charge on any atom is 0.127 e. The Kier molecular flexibility index (Phi) is 1.61. The smallest absolute Gasteiger partial charge is 0.127 e. The number of anilines is 1. The van der Waals surface area contributed by atoms with Crippen molar-refractivity contribution >= 4 is 27.1 Å². The van der Waals surface area contributed by atoms with Crippen LogP contribution in [0, 0.1) is 11.3 Å². The Morgan fingerprint density at radius 2 is 2.23 bits per heavy atom. The molecule has 0 saturated carbocycles. The Labute approximate surface area is 78.6 Å². The minimum absolute atomic E-state index is 0.0767. The number of hydrogen-bond acceptors (Lipinski definition) is 4. The molecule has 0 unspecified atom stereocenters. The van der Waals surface area contributed by atoms with Crippen molar-refractivity contribution in [3.8, 4) is 11.8 Å². The third-order valence-electron chi connectivity index (χ3n) is 1.80. The van der Waals surface area contributed by atoms with E-state index in [4.69, 9.17) is 11.0 Å². The fourth-order valence-electron chi connectivity index (χ4n) is 1.25. The summed E-state index contributed by atoms with van der Waals surface area (Å²) in [4.78, 5) is 0. The van der Waals surface area contributed by atoms with Gasteiger partial charge < -0.3 is 10.8 Å². The van der Waals surface area contributed by atoms with Gasteiger partial charge in [-0.3, -0.25) is 0 Å². The Hall–Kier alpha value is -1.73. The number of nitrogen functional groups attached to an aromatic ring is 1. The number of fused-ring (bicyclic) bond motifs is 1. The highest BCUT2D eigenvalue weighted by Crippen LogP contribution is 2.34. The molecule has 13 heavy (non-hydrogen) atoms. The topological polar surface area (TPSA) is 70.0 Å². The standard InChI is InChI=1S/C9H6N2OS/c10-3-5-4-13-8-2-6(11)1-7(12)9(5)8/h1-2,4,12H,11H2. The third kappa shape index (κ3) is 1.10. The number of phenols is 1. The fraction of sp³-hybridized carbons (Fsp3) is 0. The molecule has 1 aromatic carbocycles. The van der Waals surface area contributed by atoms with Gasteiger partial charge in [-0.15, -0.1) is 11.3 Å². The first-order valence-electron chi connectivity index (χ1n) is 3.62. The number of nitriles is 1. The zero-order chi connectivity index (χ0) is 9.42. The third-order valence-corrected chi connectivity index (χ3v) is 2.73. The molecule has 3 nitrogen and oxygen atoms in total. The molecular formula is C9H6N2OS. The number of nitrogens with zero attached hydrogens (tertiary/aromatic N) is 1. The van der Waals surface area contributed by atoms with Gasteiger partial charge in [0.25, 0.3) is 0 Å². The molecule has 2 rings (SSSR count). The number of phenolic OH excluding ortho intramolecular Hbond substituents is 1. The molecule has 1 aromatic heterocycles. The van der Waals surface area contributed by atoms with Crippen LogP contribution in [0.4, 0.5) is 5.69 Å².